The van der Waals surface area contributed by atoms with E-state index in [0.717, 1.165) is 0 Å². The molecule has 0 aliphatic carbocycles. The number of urea groups is 1. The van der Waals surface area contributed by atoms with Gasteiger partial charge in [-0.3, -0.25) is 10.1 Å². The third-order valence-electron chi connectivity index (χ3n) is 3.06. The van der Waals surface area contributed by atoms with Gasteiger partial charge in [0.15, 0.2) is 0 Å². The lowest BCUT2D eigenvalue weighted by molar-refractivity contribution is -0.385. The van der Waals surface area contributed by atoms with E-state index in [4.69, 9.17) is 0 Å². The van der Waals surface area contributed by atoms with Crippen LogP contribution in [0.5, 0.6) is 0 Å². The number of nitrogens with one attached hydrogen (secondary N) is 2. The number of rotatable bonds is 4. The van der Waals surface area contributed by atoms with Crippen LogP contribution in [0.4, 0.5) is 20.6 Å². The fourth-order valence-electron chi connectivity index (χ4n) is 1.88. The maximum Gasteiger partial charge on any atom is 0.319 e. The van der Waals surface area contributed by atoms with Gasteiger partial charge in [-0.1, -0.05) is 24.3 Å². The molecule has 0 atom stereocenters. The zero-order valence-corrected chi connectivity index (χ0v) is 11.8. The van der Waals surface area contributed by atoms with Crippen molar-refractivity contribution in [3.8, 4) is 0 Å². The summed E-state index contributed by atoms with van der Waals surface area (Å²) in [5.74, 6) is -0.409. The topological polar surface area (TPSA) is 84.3 Å². The third kappa shape index (κ3) is 3.78. The summed E-state index contributed by atoms with van der Waals surface area (Å²) in [4.78, 5) is 22.1. The molecule has 0 fully saturated rings. The Kier molecular flexibility index (Phi) is 4.67. The van der Waals surface area contributed by atoms with Gasteiger partial charge in [0, 0.05) is 29.4 Å². The largest absolute Gasteiger partial charge is 0.334 e. The molecule has 6 nitrogen and oxygen atoms in total. The summed E-state index contributed by atoms with van der Waals surface area (Å²) in [7, 11) is 0. The monoisotopic (exact) mass is 303 g/mol. The molecular formula is C15H14FN3O3. The molecule has 0 aliphatic heterocycles. The molecule has 0 spiro atoms. The van der Waals surface area contributed by atoms with Crippen LogP contribution in [0, 0.1) is 22.9 Å². The van der Waals surface area contributed by atoms with Crippen LogP contribution < -0.4 is 10.6 Å². The Balaban J connectivity index is 1.99. The average Bonchev–Trinajstić information content (AvgIpc) is 2.48. The molecule has 7 heteroatoms. The quantitative estimate of drug-likeness (QED) is 0.671. The van der Waals surface area contributed by atoms with Crippen LogP contribution in [0.25, 0.3) is 0 Å². The van der Waals surface area contributed by atoms with Crippen molar-refractivity contribution < 1.29 is 14.1 Å². The molecule has 2 aromatic rings. The molecule has 0 unspecified atom stereocenters. The summed E-state index contributed by atoms with van der Waals surface area (Å²) >= 11 is 0. The number of carbonyl (C=O) groups excluding carboxylic acids is 1. The van der Waals surface area contributed by atoms with Crippen LogP contribution in [-0.2, 0) is 6.54 Å². The van der Waals surface area contributed by atoms with Gasteiger partial charge in [-0.25, -0.2) is 9.18 Å². The van der Waals surface area contributed by atoms with Crippen molar-refractivity contribution in [1.29, 1.82) is 0 Å². The van der Waals surface area contributed by atoms with E-state index in [1.54, 1.807) is 37.3 Å². The van der Waals surface area contributed by atoms with Crippen molar-refractivity contribution in [1.82, 2.24) is 5.32 Å². The lowest BCUT2D eigenvalue weighted by atomic mass is 10.2. The number of benzene rings is 2. The Hall–Kier alpha value is -2.96. The highest BCUT2D eigenvalue weighted by atomic mass is 19.1. The molecular weight excluding hydrogens is 289 g/mol. The van der Waals surface area contributed by atoms with E-state index in [1.807, 2.05) is 0 Å². The second-order valence-corrected chi connectivity index (χ2v) is 4.66. The molecule has 2 aromatic carbocycles. The van der Waals surface area contributed by atoms with Crippen molar-refractivity contribution in [3.63, 3.8) is 0 Å². The lowest BCUT2D eigenvalue weighted by Gasteiger charge is -2.08. The van der Waals surface area contributed by atoms with Gasteiger partial charge in [-0.05, 0) is 19.1 Å². The Morgan fingerprint density at radius 3 is 2.68 bits per heavy atom. The highest BCUT2D eigenvalue weighted by molar-refractivity contribution is 5.89. The van der Waals surface area contributed by atoms with Crippen molar-refractivity contribution in [2.45, 2.75) is 13.5 Å². The van der Waals surface area contributed by atoms with Crippen molar-refractivity contribution >= 4 is 17.4 Å². The van der Waals surface area contributed by atoms with Crippen LogP contribution in [0.2, 0.25) is 0 Å². The Morgan fingerprint density at radius 1 is 1.27 bits per heavy atom. The van der Waals surface area contributed by atoms with Crippen LogP contribution in [0.3, 0.4) is 0 Å². The van der Waals surface area contributed by atoms with E-state index in [-0.39, 0.29) is 12.2 Å². The van der Waals surface area contributed by atoms with Gasteiger partial charge < -0.3 is 10.6 Å². The van der Waals surface area contributed by atoms with Crippen molar-refractivity contribution in [2.24, 2.45) is 0 Å². The molecule has 114 valence electrons. The molecule has 2 N–H and O–H groups in total. The molecule has 22 heavy (non-hydrogen) atoms. The molecule has 0 aliphatic rings. The number of nitro benzene ring substituents is 1. The van der Waals surface area contributed by atoms with Gasteiger partial charge in [-0.15, -0.1) is 0 Å². The smallest absolute Gasteiger partial charge is 0.319 e. The number of hydrogen-bond donors (Lipinski definition) is 2. The summed E-state index contributed by atoms with van der Waals surface area (Å²) in [6.45, 7) is 1.63. The average molecular weight is 303 g/mol. The van der Waals surface area contributed by atoms with E-state index in [0.29, 0.717) is 16.8 Å². The summed E-state index contributed by atoms with van der Waals surface area (Å²) in [5, 5.41) is 15.8. The maximum absolute atomic E-state index is 13.4. The summed E-state index contributed by atoms with van der Waals surface area (Å²) < 4.78 is 13.4. The minimum atomic E-state index is -0.568. The molecule has 0 radical (unpaired) electrons. The number of anilines is 1. The lowest BCUT2D eigenvalue weighted by Crippen LogP contribution is -2.28. The predicted octanol–water partition coefficient (Wildman–Crippen LogP) is 3.36. The molecule has 2 amide bonds. The van der Waals surface area contributed by atoms with E-state index < -0.39 is 16.8 Å². The first-order chi connectivity index (χ1) is 10.5. The van der Waals surface area contributed by atoms with Gasteiger partial charge in [0.1, 0.15) is 5.82 Å². The first kappa shape index (κ1) is 15.4. The number of halogens is 1. The molecule has 0 aromatic heterocycles. The molecule has 0 saturated carbocycles. The molecule has 2 rings (SSSR count). The van der Waals surface area contributed by atoms with Gasteiger partial charge in [0.05, 0.1) is 4.92 Å². The van der Waals surface area contributed by atoms with E-state index >= 15 is 0 Å². The second kappa shape index (κ2) is 6.66. The van der Waals surface area contributed by atoms with Crippen LogP contribution in [-0.4, -0.2) is 11.0 Å². The zero-order valence-electron chi connectivity index (χ0n) is 11.8. The number of nitro groups is 1. The van der Waals surface area contributed by atoms with Crippen LogP contribution in [0.1, 0.15) is 11.1 Å². The number of nitrogens with zero attached hydrogens (tertiary/aromatic N) is 1. The Bertz CT molecular complexity index is 719. The van der Waals surface area contributed by atoms with Crippen LogP contribution in [0.15, 0.2) is 42.5 Å². The summed E-state index contributed by atoms with van der Waals surface area (Å²) in [5.41, 5.74) is 1.07. The zero-order chi connectivity index (χ0) is 16.1. The standard InChI is InChI=1S/C15H14FN3O3/c1-10-6-7-12(8-14(10)19(21)22)18-15(20)17-9-11-4-2-3-5-13(11)16/h2-8H,9H2,1H3,(H2,17,18,20). The van der Waals surface area contributed by atoms with E-state index in [2.05, 4.69) is 10.6 Å². The third-order valence-corrected chi connectivity index (χ3v) is 3.06. The summed E-state index contributed by atoms with van der Waals surface area (Å²) in [6.07, 6.45) is 0. The normalized spacial score (nSPS) is 10.1. The molecule has 0 bridgehead atoms. The highest BCUT2D eigenvalue weighted by Gasteiger charge is 2.12. The minimum absolute atomic E-state index is 0.0203. The van der Waals surface area contributed by atoms with E-state index in [1.165, 1.54) is 12.1 Å². The fraction of sp³-hybridized carbons (Fsp3) is 0.133. The number of amides is 2. The van der Waals surface area contributed by atoms with Gasteiger partial charge >= 0.3 is 6.03 Å². The number of aryl methyl sites for hydroxylation is 1. The van der Waals surface area contributed by atoms with E-state index in [9.17, 15) is 19.3 Å². The number of hydrogen-bond acceptors (Lipinski definition) is 3. The SMILES string of the molecule is Cc1ccc(NC(=O)NCc2ccccc2F)cc1[N+](=O)[O-]. The first-order valence-corrected chi connectivity index (χ1v) is 6.50. The number of carbonyl (C=O) groups is 1. The van der Waals surface area contributed by atoms with Crippen LogP contribution >= 0.6 is 0 Å². The first-order valence-electron chi connectivity index (χ1n) is 6.50. The highest BCUT2D eigenvalue weighted by Crippen LogP contribution is 2.22. The van der Waals surface area contributed by atoms with Gasteiger partial charge in [-0.2, -0.15) is 0 Å². The van der Waals surface area contributed by atoms with Crippen molar-refractivity contribution in [3.05, 3.63) is 69.5 Å². The van der Waals surface area contributed by atoms with Crippen molar-refractivity contribution in [2.75, 3.05) is 5.32 Å². The second-order valence-electron chi connectivity index (χ2n) is 4.66. The fourth-order valence-corrected chi connectivity index (χ4v) is 1.88. The molecule has 0 heterocycles. The van der Waals surface area contributed by atoms with Gasteiger partial charge in [0.2, 0.25) is 0 Å². The summed E-state index contributed by atoms with van der Waals surface area (Å²) in [6, 6.07) is 9.91. The Labute approximate surface area is 126 Å². The maximum atomic E-state index is 13.4. The molecule has 0 saturated heterocycles. The van der Waals surface area contributed by atoms with Gasteiger partial charge in [0.25, 0.3) is 5.69 Å². The Morgan fingerprint density at radius 2 is 2.00 bits per heavy atom. The predicted molar refractivity (Wildman–Crippen MR) is 80.1 cm³/mol. The minimum Gasteiger partial charge on any atom is -0.334 e.